The van der Waals surface area contributed by atoms with Gasteiger partial charge in [-0.15, -0.1) is 0 Å². The van der Waals surface area contributed by atoms with Gasteiger partial charge in [0.05, 0.1) is 35.7 Å². The normalized spacial score (nSPS) is 12.2. The highest BCUT2D eigenvalue weighted by molar-refractivity contribution is 7.87. The van der Waals surface area contributed by atoms with Crippen molar-refractivity contribution in [1.82, 2.24) is 9.78 Å². The van der Waals surface area contributed by atoms with Gasteiger partial charge in [-0.25, -0.2) is 0 Å². The molecule has 3 aromatic rings. The third kappa shape index (κ3) is 6.04. The Labute approximate surface area is 189 Å². The molecule has 0 unspecified atom stereocenters. The molecule has 0 aliphatic heterocycles. The maximum Gasteiger partial charge on any atom is 0.297 e. The van der Waals surface area contributed by atoms with Gasteiger partial charge in [-0.3, -0.25) is 13.0 Å². The summed E-state index contributed by atoms with van der Waals surface area (Å²) in [5.41, 5.74) is 3.51. The fourth-order valence-electron chi connectivity index (χ4n) is 3.05. The van der Waals surface area contributed by atoms with Gasteiger partial charge in [0.15, 0.2) is 0 Å². The Morgan fingerprint density at radius 2 is 1.22 bits per heavy atom. The first-order valence-electron chi connectivity index (χ1n) is 10.0. The van der Waals surface area contributed by atoms with Gasteiger partial charge in [0.25, 0.3) is 20.2 Å². The number of aromatic nitrogens is 2. The molecule has 0 spiro atoms. The lowest BCUT2D eigenvalue weighted by Gasteiger charge is -2.11. The number of aryl methyl sites for hydroxylation is 3. The Hall–Kier alpha value is -2.53. The SMILES string of the molecule is Cc1ccc(S(=O)(=O)OCCc2c(C)cnn2CCOS(=O)(=O)c2ccc(C)cc2)cc1. The fourth-order valence-corrected chi connectivity index (χ4v) is 4.86. The van der Waals surface area contributed by atoms with Crippen LogP contribution in [0.3, 0.4) is 0 Å². The molecule has 1 aromatic heterocycles. The van der Waals surface area contributed by atoms with Crippen molar-refractivity contribution in [1.29, 1.82) is 0 Å². The third-order valence-electron chi connectivity index (χ3n) is 4.90. The van der Waals surface area contributed by atoms with Crippen molar-refractivity contribution in [2.75, 3.05) is 13.2 Å². The molecular formula is C22H26N2O6S2. The maximum atomic E-state index is 12.3. The average Bonchev–Trinajstić information content (AvgIpc) is 3.08. The second-order valence-corrected chi connectivity index (χ2v) is 10.7. The quantitative estimate of drug-likeness (QED) is 0.412. The summed E-state index contributed by atoms with van der Waals surface area (Å²) in [6, 6.07) is 12.8. The molecule has 2 aromatic carbocycles. The van der Waals surface area contributed by atoms with E-state index in [2.05, 4.69) is 5.10 Å². The summed E-state index contributed by atoms with van der Waals surface area (Å²) >= 11 is 0. The van der Waals surface area contributed by atoms with Crippen molar-refractivity contribution in [3.8, 4) is 0 Å². The van der Waals surface area contributed by atoms with Crippen LogP contribution < -0.4 is 0 Å². The first-order chi connectivity index (χ1) is 15.1. The van der Waals surface area contributed by atoms with E-state index in [0.29, 0.717) is 6.42 Å². The first-order valence-corrected chi connectivity index (χ1v) is 12.8. The highest BCUT2D eigenvalue weighted by atomic mass is 32.2. The van der Waals surface area contributed by atoms with Crippen molar-refractivity contribution in [2.45, 2.75) is 43.5 Å². The molecule has 0 amide bonds. The van der Waals surface area contributed by atoms with Crippen LogP contribution in [0.4, 0.5) is 0 Å². The van der Waals surface area contributed by atoms with Gasteiger partial charge < -0.3 is 0 Å². The minimum absolute atomic E-state index is 0.0642. The van der Waals surface area contributed by atoms with E-state index in [1.165, 1.54) is 24.3 Å². The van der Waals surface area contributed by atoms with E-state index < -0.39 is 20.2 Å². The van der Waals surface area contributed by atoms with E-state index in [1.54, 1.807) is 35.1 Å². The number of rotatable bonds is 10. The molecule has 10 heteroatoms. The van der Waals surface area contributed by atoms with Crippen LogP contribution >= 0.6 is 0 Å². The molecule has 0 fully saturated rings. The molecule has 0 saturated carbocycles. The van der Waals surface area contributed by atoms with Crippen molar-refractivity contribution in [3.63, 3.8) is 0 Å². The van der Waals surface area contributed by atoms with Crippen molar-refractivity contribution in [3.05, 3.63) is 77.1 Å². The van der Waals surface area contributed by atoms with Gasteiger partial charge in [0, 0.05) is 12.1 Å². The predicted octanol–water partition coefficient (Wildman–Crippen LogP) is 3.16. The second kappa shape index (κ2) is 9.95. The maximum absolute atomic E-state index is 12.3. The number of hydrogen-bond donors (Lipinski definition) is 0. The summed E-state index contributed by atoms with van der Waals surface area (Å²) in [4.78, 5) is 0.192. The summed E-state index contributed by atoms with van der Waals surface area (Å²) in [7, 11) is -7.73. The monoisotopic (exact) mass is 478 g/mol. The smallest absolute Gasteiger partial charge is 0.267 e. The summed E-state index contributed by atoms with van der Waals surface area (Å²) in [6.45, 7) is 5.61. The van der Waals surface area contributed by atoms with Crippen LogP contribution in [-0.4, -0.2) is 39.8 Å². The lowest BCUT2D eigenvalue weighted by Crippen LogP contribution is -2.16. The topological polar surface area (TPSA) is 105 Å². The Kier molecular flexibility index (Phi) is 7.50. The lowest BCUT2D eigenvalue weighted by atomic mass is 10.2. The first kappa shape index (κ1) is 24.1. The molecule has 0 aliphatic carbocycles. The number of nitrogens with zero attached hydrogens (tertiary/aromatic N) is 2. The molecule has 1 heterocycles. The lowest BCUT2D eigenvalue weighted by molar-refractivity contribution is 0.286. The molecular weight excluding hydrogens is 452 g/mol. The fraction of sp³-hybridized carbons (Fsp3) is 0.318. The molecule has 0 saturated heterocycles. The van der Waals surface area contributed by atoms with Gasteiger partial charge in [0.1, 0.15) is 0 Å². The number of benzene rings is 2. The zero-order chi connectivity index (χ0) is 23.4. The predicted molar refractivity (Wildman–Crippen MR) is 119 cm³/mol. The van der Waals surface area contributed by atoms with Gasteiger partial charge in [-0.2, -0.15) is 21.9 Å². The van der Waals surface area contributed by atoms with Gasteiger partial charge >= 0.3 is 0 Å². The van der Waals surface area contributed by atoms with Gasteiger partial charge in [-0.05, 0) is 50.6 Å². The zero-order valence-corrected chi connectivity index (χ0v) is 19.8. The van der Waals surface area contributed by atoms with E-state index in [-0.39, 0.29) is 29.5 Å². The van der Waals surface area contributed by atoms with E-state index >= 15 is 0 Å². The van der Waals surface area contributed by atoms with Crippen LogP contribution in [0.5, 0.6) is 0 Å². The standard InChI is InChI=1S/C22H26N2O6S2/c1-17-4-8-20(9-5-17)31(25,26)29-14-12-22-19(3)16-23-24(22)13-15-30-32(27,28)21-10-6-18(2)7-11-21/h4-11,16H,12-15H2,1-3H3. The Bertz CT molecular complexity index is 1260. The van der Waals surface area contributed by atoms with Crippen LogP contribution in [0.1, 0.15) is 22.4 Å². The second-order valence-electron chi connectivity index (χ2n) is 7.43. The molecule has 32 heavy (non-hydrogen) atoms. The Morgan fingerprint density at radius 3 is 1.72 bits per heavy atom. The molecule has 0 aliphatic rings. The van der Waals surface area contributed by atoms with Crippen LogP contribution in [0.15, 0.2) is 64.5 Å². The summed E-state index contributed by atoms with van der Waals surface area (Å²) < 4.78 is 61.2. The molecule has 3 rings (SSSR count). The molecule has 0 bridgehead atoms. The average molecular weight is 479 g/mol. The molecule has 0 radical (unpaired) electrons. The minimum atomic E-state index is -3.87. The van der Waals surface area contributed by atoms with Crippen molar-refractivity contribution >= 4 is 20.2 Å². The van der Waals surface area contributed by atoms with E-state index in [0.717, 1.165) is 22.4 Å². The Balaban J connectivity index is 1.58. The summed E-state index contributed by atoms with van der Waals surface area (Å²) in [6.07, 6.45) is 1.93. The van der Waals surface area contributed by atoms with E-state index in [1.807, 2.05) is 20.8 Å². The molecule has 0 N–H and O–H groups in total. The van der Waals surface area contributed by atoms with Crippen molar-refractivity contribution in [2.24, 2.45) is 0 Å². The van der Waals surface area contributed by atoms with Crippen LogP contribution in [0, 0.1) is 20.8 Å². The summed E-state index contributed by atoms with van der Waals surface area (Å²) in [5, 5.41) is 4.24. The van der Waals surface area contributed by atoms with Crippen LogP contribution in [0.2, 0.25) is 0 Å². The number of hydrogen-bond acceptors (Lipinski definition) is 7. The van der Waals surface area contributed by atoms with E-state index in [4.69, 9.17) is 8.37 Å². The highest BCUT2D eigenvalue weighted by Crippen LogP contribution is 2.16. The minimum Gasteiger partial charge on any atom is -0.267 e. The van der Waals surface area contributed by atoms with Crippen molar-refractivity contribution < 1.29 is 25.2 Å². The van der Waals surface area contributed by atoms with E-state index in [9.17, 15) is 16.8 Å². The zero-order valence-electron chi connectivity index (χ0n) is 18.2. The molecule has 8 nitrogen and oxygen atoms in total. The third-order valence-corrected chi connectivity index (χ3v) is 7.55. The molecule has 0 atom stereocenters. The van der Waals surface area contributed by atoms with Gasteiger partial charge in [-0.1, -0.05) is 35.4 Å². The highest BCUT2D eigenvalue weighted by Gasteiger charge is 2.18. The van der Waals surface area contributed by atoms with Gasteiger partial charge in [0.2, 0.25) is 0 Å². The summed E-state index contributed by atoms with van der Waals surface area (Å²) in [5.74, 6) is 0. The Morgan fingerprint density at radius 1 is 0.750 bits per heavy atom. The molecule has 172 valence electrons. The largest absolute Gasteiger partial charge is 0.297 e. The van der Waals surface area contributed by atoms with Crippen LogP contribution in [-0.2, 0) is 41.6 Å². The van der Waals surface area contributed by atoms with Crippen LogP contribution in [0.25, 0.3) is 0 Å².